The monoisotopic (exact) mass is 168 g/mol. The molecule has 1 N–H and O–H groups in total. The first-order valence-corrected chi connectivity index (χ1v) is 4.08. The lowest BCUT2D eigenvalue weighted by Gasteiger charge is -2.21. The van der Waals surface area contributed by atoms with E-state index in [4.69, 9.17) is 0 Å². The Morgan fingerprint density at radius 1 is 1.58 bits per heavy atom. The highest BCUT2D eigenvalue weighted by molar-refractivity contribution is 5.06. The fourth-order valence-corrected chi connectivity index (χ4v) is 1.12. The van der Waals surface area contributed by atoms with Crippen LogP contribution in [-0.2, 0) is 5.60 Å². The van der Waals surface area contributed by atoms with Crippen molar-refractivity contribution in [2.24, 2.45) is 0 Å². The van der Waals surface area contributed by atoms with Crippen LogP contribution < -0.4 is 0 Å². The Kier molecular flexibility index (Phi) is 2.47. The van der Waals surface area contributed by atoms with Crippen LogP contribution in [0.25, 0.3) is 0 Å². The van der Waals surface area contributed by atoms with Gasteiger partial charge in [0.05, 0.1) is 13.2 Å². The molecule has 0 aromatic carbocycles. The third kappa shape index (κ3) is 1.48. The molecule has 0 aliphatic heterocycles. The number of hydrogen-bond donors (Lipinski definition) is 1. The van der Waals surface area contributed by atoms with E-state index in [1.807, 2.05) is 13.8 Å². The van der Waals surface area contributed by atoms with Gasteiger partial charge in [0.1, 0.15) is 11.3 Å². The van der Waals surface area contributed by atoms with Gasteiger partial charge >= 0.3 is 0 Å². The standard InChI is InChI=1S/C8H14N3O/c1-4-8(12,5-2)7-6-11(3)10-9-7/h6,12H,3-5H2,1-2H3. The van der Waals surface area contributed by atoms with E-state index in [-0.39, 0.29) is 0 Å². The van der Waals surface area contributed by atoms with Gasteiger partial charge < -0.3 is 5.11 Å². The first kappa shape index (κ1) is 9.19. The molecule has 1 aromatic heterocycles. The van der Waals surface area contributed by atoms with E-state index < -0.39 is 5.60 Å². The second-order valence-corrected chi connectivity index (χ2v) is 2.88. The van der Waals surface area contributed by atoms with Gasteiger partial charge in [-0.1, -0.05) is 19.1 Å². The topological polar surface area (TPSA) is 50.9 Å². The minimum atomic E-state index is -0.837. The molecule has 1 aromatic rings. The largest absolute Gasteiger partial charge is 0.383 e. The normalized spacial score (nSPS) is 12.0. The van der Waals surface area contributed by atoms with Gasteiger partial charge in [-0.05, 0) is 12.8 Å². The van der Waals surface area contributed by atoms with Crippen LogP contribution in [0, 0.1) is 7.05 Å². The van der Waals surface area contributed by atoms with Crippen molar-refractivity contribution in [1.29, 1.82) is 0 Å². The molecule has 0 bridgehead atoms. The molecular formula is C8H14N3O. The predicted molar refractivity (Wildman–Crippen MR) is 45.3 cm³/mol. The molecule has 4 heteroatoms. The molecule has 0 atom stereocenters. The second kappa shape index (κ2) is 3.23. The Bertz CT molecular complexity index is 253. The molecule has 0 spiro atoms. The molecule has 0 aliphatic rings. The van der Waals surface area contributed by atoms with Crippen molar-refractivity contribution in [3.05, 3.63) is 18.9 Å². The highest BCUT2D eigenvalue weighted by atomic mass is 16.3. The third-order valence-electron chi connectivity index (χ3n) is 2.19. The average molecular weight is 168 g/mol. The summed E-state index contributed by atoms with van der Waals surface area (Å²) in [4.78, 5) is 0. The number of nitrogens with zero attached hydrogens (tertiary/aromatic N) is 3. The molecular weight excluding hydrogens is 154 g/mol. The summed E-state index contributed by atoms with van der Waals surface area (Å²) in [6.07, 6.45) is 2.93. The first-order chi connectivity index (χ1) is 5.62. The van der Waals surface area contributed by atoms with Crippen molar-refractivity contribution in [3.63, 3.8) is 0 Å². The minimum Gasteiger partial charge on any atom is -0.383 e. The summed E-state index contributed by atoms with van der Waals surface area (Å²) >= 11 is 0. The first-order valence-electron chi connectivity index (χ1n) is 4.08. The van der Waals surface area contributed by atoms with Crippen molar-refractivity contribution < 1.29 is 5.11 Å². The van der Waals surface area contributed by atoms with Gasteiger partial charge in [0.15, 0.2) is 0 Å². The van der Waals surface area contributed by atoms with E-state index in [2.05, 4.69) is 17.4 Å². The number of aliphatic hydroxyl groups is 1. The summed E-state index contributed by atoms with van der Waals surface area (Å²) in [5.41, 5.74) is -0.238. The Balaban J connectivity index is 2.94. The van der Waals surface area contributed by atoms with Gasteiger partial charge in [0.25, 0.3) is 0 Å². The molecule has 1 rings (SSSR count). The van der Waals surface area contributed by atoms with Crippen LogP contribution in [0.5, 0.6) is 0 Å². The predicted octanol–water partition coefficient (Wildman–Crippen LogP) is 0.925. The third-order valence-corrected chi connectivity index (χ3v) is 2.19. The van der Waals surface area contributed by atoms with Gasteiger partial charge in [-0.3, -0.25) is 4.68 Å². The fraction of sp³-hybridized carbons (Fsp3) is 0.625. The van der Waals surface area contributed by atoms with Crippen molar-refractivity contribution in [2.45, 2.75) is 32.3 Å². The average Bonchev–Trinajstić information content (AvgIpc) is 2.51. The SMILES string of the molecule is [CH2]n1cc(C(O)(CC)CC)nn1. The molecule has 0 saturated carbocycles. The van der Waals surface area contributed by atoms with Crippen LogP contribution in [0.3, 0.4) is 0 Å². The lowest BCUT2D eigenvalue weighted by atomic mass is 9.94. The molecule has 1 radical (unpaired) electrons. The van der Waals surface area contributed by atoms with Crippen molar-refractivity contribution in [3.8, 4) is 0 Å². The number of rotatable bonds is 3. The molecule has 0 aliphatic carbocycles. The minimum absolute atomic E-state index is 0.600. The zero-order valence-corrected chi connectivity index (χ0v) is 7.49. The molecule has 1 heterocycles. The van der Waals surface area contributed by atoms with Crippen LogP contribution in [-0.4, -0.2) is 20.1 Å². The van der Waals surface area contributed by atoms with Crippen molar-refractivity contribution in [1.82, 2.24) is 15.0 Å². The Hall–Kier alpha value is -0.900. The summed E-state index contributed by atoms with van der Waals surface area (Å²) in [7, 11) is 3.56. The molecule has 67 valence electrons. The zero-order chi connectivity index (χ0) is 9.19. The summed E-state index contributed by atoms with van der Waals surface area (Å²) in [6, 6.07) is 0. The molecule has 4 nitrogen and oxygen atoms in total. The highest BCUT2D eigenvalue weighted by Crippen LogP contribution is 2.25. The van der Waals surface area contributed by atoms with Gasteiger partial charge in [-0.15, -0.1) is 5.10 Å². The highest BCUT2D eigenvalue weighted by Gasteiger charge is 2.27. The van der Waals surface area contributed by atoms with Crippen LogP contribution in [0.15, 0.2) is 6.20 Å². The summed E-state index contributed by atoms with van der Waals surface area (Å²) in [6.45, 7) is 3.84. The lowest BCUT2D eigenvalue weighted by molar-refractivity contribution is 0.0239. The Morgan fingerprint density at radius 3 is 2.50 bits per heavy atom. The molecule has 0 fully saturated rings. The van der Waals surface area contributed by atoms with Gasteiger partial charge in [-0.2, -0.15) is 0 Å². The van der Waals surface area contributed by atoms with Crippen molar-refractivity contribution >= 4 is 0 Å². The number of aromatic nitrogens is 3. The zero-order valence-electron chi connectivity index (χ0n) is 7.49. The smallest absolute Gasteiger partial charge is 0.114 e. The van der Waals surface area contributed by atoms with Crippen LogP contribution >= 0.6 is 0 Å². The van der Waals surface area contributed by atoms with E-state index in [1.54, 1.807) is 6.20 Å². The van der Waals surface area contributed by atoms with Gasteiger partial charge in [0.2, 0.25) is 0 Å². The van der Waals surface area contributed by atoms with Crippen LogP contribution in [0.2, 0.25) is 0 Å². The Labute approximate surface area is 72.2 Å². The maximum absolute atomic E-state index is 9.97. The molecule has 0 amide bonds. The summed E-state index contributed by atoms with van der Waals surface area (Å²) in [5.74, 6) is 0. The van der Waals surface area contributed by atoms with E-state index >= 15 is 0 Å². The quantitative estimate of drug-likeness (QED) is 0.730. The lowest BCUT2D eigenvalue weighted by Crippen LogP contribution is -2.23. The Morgan fingerprint density at radius 2 is 2.17 bits per heavy atom. The molecule has 12 heavy (non-hydrogen) atoms. The van der Waals surface area contributed by atoms with E-state index in [9.17, 15) is 5.11 Å². The molecule has 0 unspecified atom stereocenters. The van der Waals surface area contributed by atoms with E-state index in [1.165, 1.54) is 4.68 Å². The number of hydrogen-bond acceptors (Lipinski definition) is 3. The fourth-order valence-electron chi connectivity index (χ4n) is 1.12. The maximum atomic E-state index is 9.97. The van der Waals surface area contributed by atoms with E-state index in [0.717, 1.165) is 0 Å². The maximum Gasteiger partial charge on any atom is 0.114 e. The van der Waals surface area contributed by atoms with Gasteiger partial charge in [-0.25, -0.2) is 0 Å². The van der Waals surface area contributed by atoms with Crippen LogP contribution in [0.1, 0.15) is 32.4 Å². The van der Waals surface area contributed by atoms with Gasteiger partial charge in [0, 0.05) is 0 Å². The second-order valence-electron chi connectivity index (χ2n) is 2.88. The van der Waals surface area contributed by atoms with Crippen molar-refractivity contribution in [2.75, 3.05) is 0 Å². The summed E-state index contributed by atoms with van der Waals surface area (Å²) < 4.78 is 1.35. The summed E-state index contributed by atoms with van der Waals surface area (Å²) in [5, 5.41) is 17.5. The van der Waals surface area contributed by atoms with Crippen LogP contribution in [0.4, 0.5) is 0 Å². The van der Waals surface area contributed by atoms with E-state index in [0.29, 0.717) is 18.5 Å². The molecule has 0 saturated heterocycles.